The smallest absolute Gasteiger partial charge is 0.328 e. The van der Waals surface area contributed by atoms with Gasteiger partial charge >= 0.3 is 5.97 Å². The second kappa shape index (κ2) is 7.35. The minimum atomic E-state index is -3.73. The van der Waals surface area contributed by atoms with Crippen molar-refractivity contribution in [2.24, 2.45) is 0 Å². The Kier molecular flexibility index (Phi) is 6.07. The van der Waals surface area contributed by atoms with Crippen LogP contribution in [0.5, 0.6) is 0 Å². The van der Waals surface area contributed by atoms with Crippen molar-refractivity contribution in [2.75, 3.05) is 13.2 Å². The highest BCUT2D eigenvalue weighted by Crippen LogP contribution is 2.19. The number of aliphatic hydroxyl groups is 1. The number of carboxylic acid groups (broad SMARTS) is 1. The minimum Gasteiger partial charge on any atom is -0.478 e. The van der Waals surface area contributed by atoms with E-state index in [9.17, 15) is 13.2 Å². The van der Waals surface area contributed by atoms with Gasteiger partial charge in [-0.05, 0) is 37.6 Å². The van der Waals surface area contributed by atoms with Crippen LogP contribution >= 0.6 is 0 Å². The number of hydrogen-bond acceptors (Lipinski definition) is 4. The van der Waals surface area contributed by atoms with Crippen LogP contribution in [0.15, 0.2) is 35.2 Å². The van der Waals surface area contributed by atoms with Gasteiger partial charge in [-0.3, -0.25) is 0 Å². The summed E-state index contributed by atoms with van der Waals surface area (Å²) in [6, 6.07) is 5.72. The van der Waals surface area contributed by atoms with Gasteiger partial charge in [0.2, 0.25) is 10.0 Å². The van der Waals surface area contributed by atoms with Crippen molar-refractivity contribution in [1.82, 2.24) is 4.31 Å². The maximum absolute atomic E-state index is 12.5. The lowest BCUT2D eigenvalue weighted by molar-refractivity contribution is -0.131. The molecule has 2 N–H and O–H groups in total. The van der Waals surface area contributed by atoms with E-state index in [1.807, 2.05) is 0 Å². The molecule has 7 heteroatoms. The van der Waals surface area contributed by atoms with Gasteiger partial charge in [-0.1, -0.05) is 12.1 Å². The largest absolute Gasteiger partial charge is 0.478 e. The molecule has 0 aliphatic carbocycles. The van der Waals surface area contributed by atoms with Crippen LogP contribution in [-0.4, -0.2) is 48.1 Å². The van der Waals surface area contributed by atoms with Gasteiger partial charge in [-0.15, -0.1) is 0 Å². The molecule has 0 unspecified atom stereocenters. The number of sulfonamides is 1. The lowest BCUT2D eigenvalue weighted by Gasteiger charge is -2.25. The molecule has 0 saturated carbocycles. The Balaban J connectivity index is 3.19. The van der Waals surface area contributed by atoms with Gasteiger partial charge in [-0.25, -0.2) is 13.2 Å². The lowest BCUT2D eigenvalue weighted by Crippen LogP contribution is -2.38. The molecule has 1 aromatic carbocycles. The summed E-state index contributed by atoms with van der Waals surface area (Å²) in [7, 11) is -3.73. The highest BCUT2D eigenvalue weighted by atomic mass is 32.2. The second-order valence-corrected chi connectivity index (χ2v) is 6.57. The average Bonchev–Trinajstić information content (AvgIpc) is 2.42. The van der Waals surface area contributed by atoms with Crippen molar-refractivity contribution in [2.45, 2.75) is 24.8 Å². The van der Waals surface area contributed by atoms with Crippen LogP contribution in [0.25, 0.3) is 6.08 Å². The predicted octanol–water partition coefficient (Wildman–Crippen LogP) is 1.18. The first-order valence-electron chi connectivity index (χ1n) is 6.43. The highest BCUT2D eigenvalue weighted by molar-refractivity contribution is 7.89. The lowest BCUT2D eigenvalue weighted by atomic mass is 10.2. The number of hydrogen-bond donors (Lipinski definition) is 2. The van der Waals surface area contributed by atoms with Gasteiger partial charge in [0.15, 0.2) is 0 Å². The quantitative estimate of drug-likeness (QED) is 0.737. The fraction of sp³-hybridized carbons (Fsp3) is 0.357. The molecule has 1 rings (SSSR count). The molecule has 0 atom stereocenters. The maximum atomic E-state index is 12.5. The van der Waals surface area contributed by atoms with Crippen molar-refractivity contribution < 1.29 is 23.4 Å². The van der Waals surface area contributed by atoms with Crippen LogP contribution in [0.3, 0.4) is 0 Å². The first kappa shape index (κ1) is 17.4. The summed E-state index contributed by atoms with van der Waals surface area (Å²) in [4.78, 5) is 10.6. The molecule has 1 aromatic rings. The first-order chi connectivity index (χ1) is 9.78. The Morgan fingerprint density at radius 2 is 2.05 bits per heavy atom. The number of nitrogens with zero attached hydrogens (tertiary/aromatic N) is 1. The molecule has 0 amide bonds. The molecule has 0 spiro atoms. The van der Waals surface area contributed by atoms with Crippen LogP contribution in [0.2, 0.25) is 0 Å². The molecule has 0 aliphatic heterocycles. The number of benzene rings is 1. The normalized spacial score (nSPS) is 12.4. The maximum Gasteiger partial charge on any atom is 0.328 e. The van der Waals surface area contributed by atoms with E-state index >= 15 is 0 Å². The van der Waals surface area contributed by atoms with Gasteiger partial charge < -0.3 is 10.2 Å². The third-order valence-corrected chi connectivity index (χ3v) is 4.85. The highest BCUT2D eigenvalue weighted by Gasteiger charge is 2.26. The average molecular weight is 313 g/mol. The zero-order chi connectivity index (χ0) is 16.0. The summed E-state index contributed by atoms with van der Waals surface area (Å²) in [6.07, 6.45) is 2.27. The Labute approximate surface area is 124 Å². The van der Waals surface area contributed by atoms with Crippen LogP contribution in [0.4, 0.5) is 0 Å². The fourth-order valence-electron chi connectivity index (χ4n) is 1.84. The molecule has 0 fully saturated rings. The molecule has 6 nitrogen and oxygen atoms in total. The number of aliphatic carboxylic acids is 1. The first-order valence-corrected chi connectivity index (χ1v) is 7.87. The zero-order valence-corrected chi connectivity index (χ0v) is 12.7. The zero-order valence-electron chi connectivity index (χ0n) is 11.9. The van der Waals surface area contributed by atoms with Gasteiger partial charge in [-0.2, -0.15) is 4.31 Å². The standard InChI is InChI=1S/C14H19NO5S/c1-11(2)15(8-9-16)21(19,20)13-5-3-4-12(10-13)6-7-14(17)18/h3-7,10-11,16H,8-9H2,1-2H3,(H,17,18). The number of carbonyl (C=O) groups is 1. The molecule has 21 heavy (non-hydrogen) atoms. The van der Waals surface area contributed by atoms with Crippen LogP contribution in [0.1, 0.15) is 19.4 Å². The molecule has 0 bridgehead atoms. The van der Waals surface area contributed by atoms with Gasteiger partial charge in [0.25, 0.3) is 0 Å². The SMILES string of the molecule is CC(C)N(CCO)S(=O)(=O)c1cccc(C=CC(=O)O)c1. The van der Waals surface area contributed by atoms with E-state index in [2.05, 4.69) is 0 Å². The van der Waals surface area contributed by atoms with E-state index in [0.717, 1.165) is 6.08 Å². The summed E-state index contributed by atoms with van der Waals surface area (Å²) in [5, 5.41) is 17.6. The molecular weight excluding hydrogens is 294 g/mol. The van der Waals surface area contributed by atoms with E-state index < -0.39 is 16.0 Å². The van der Waals surface area contributed by atoms with E-state index in [-0.39, 0.29) is 24.1 Å². The Morgan fingerprint density at radius 3 is 2.57 bits per heavy atom. The van der Waals surface area contributed by atoms with Crippen molar-refractivity contribution in [1.29, 1.82) is 0 Å². The van der Waals surface area contributed by atoms with E-state index in [0.29, 0.717) is 5.56 Å². The van der Waals surface area contributed by atoms with Crippen molar-refractivity contribution >= 4 is 22.1 Å². The van der Waals surface area contributed by atoms with Crippen molar-refractivity contribution in [3.05, 3.63) is 35.9 Å². The summed E-state index contributed by atoms with van der Waals surface area (Å²) in [6.45, 7) is 3.19. The fourth-order valence-corrected chi connectivity index (χ4v) is 3.52. The van der Waals surface area contributed by atoms with E-state index in [1.54, 1.807) is 26.0 Å². The van der Waals surface area contributed by atoms with Gasteiger partial charge in [0.05, 0.1) is 11.5 Å². The summed E-state index contributed by atoms with van der Waals surface area (Å²) >= 11 is 0. The topological polar surface area (TPSA) is 94.9 Å². The monoisotopic (exact) mass is 313 g/mol. The third-order valence-electron chi connectivity index (χ3n) is 2.78. The molecule has 0 aliphatic rings. The molecular formula is C14H19NO5S. The van der Waals surface area contributed by atoms with Crippen molar-refractivity contribution in [3.8, 4) is 0 Å². The van der Waals surface area contributed by atoms with Gasteiger partial charge in [0.1, 0.15) is 0 Å². The third kappa shape index (κ3) is 4.66. The summed E-state index contributed by atoms with van der Waals surface area (Å²) < 4.78 is 26.3. The molecule has 0 heterocycles. The van der Waals surface area contributed by atoms with Gasteiger partial charge in [0, 0.05) is 18.7 Å². The molecule has 0 radical (unpaired) electrons. The number of carboxylic acids is 1. The summed E-state index contributed by atoms with van der Waals surface area (Å²) in [5.74, 6) is -1.10. The molecule has 116 valence electrons. The number of rotatable bonds is 7. The predicted molar refractivity (Wildman–Crippen MR) is 79.2 cm³/mol. The van der Waals surface area contributed by atoms with Crippen molar-refractivity contribution in [3.63, 3.8) is 0 Å². The van der Waals surface area contributed by atoms with Crippen LogP contribution < -0.4 is 0 Å². The Morgan fingerprint density at radius 1 is 1.38 bits per heavy atom. The Bertz CT molecular complexity index is 622. The second-order valence-electron chi connectivity index (χ2n) is 4.68. The summed E-state index contributed by atoms with van der Waals surface area (Å²) in [5.41, 5.74) is 0.478. The van der Waals surface area contributed by atoms with E-state index in [1.165, 1.54) is 22.5 Å². The molecule has 0 saturated heterocycles. The minimum absolute atomic E-state index is 0.00912. The Hall–Kier alpha value is -1.70. The molecule has 0 aromatic heterocycles. The van der Waals surface area contributed by atoms with Crippen LogP contribution in [-0.2, 0) is 14.8 Å². The number of aliphatic hydroxyl groups excluding tert-OH is 1. The van der Waals surface area contributed by atoms with E-state index in [4.69, 9.17) is 10.2 Å². The van der Waals surface area contributed by atoms with Crippen LogP contribution in [0, 0.1) is 0 Å².